The summed E-state index contributed by atoms with van der Waals surface area (Å²) >= 11 is 0. The maximum absolute atomic E-state index is 13.1. The van der Waals surface area contributed by atoms with Crippen LogP contribution in [0.3, 0.4) is 0 Å². The van der Waals surface area contributed by atoms with Crippen molar-refractivity contribution in [1.29, 1.82) is 0 Å². The van der Waals surface area contributed by atoms with Gasteiger partial charge in [-0.15, -0.1) is 0 Å². The van der Waals surface area contributed by atoms with E-state index in [4.69, 9.17) is 0 Å². The zero-order valence-corrected chi connectivity index (χ0v) is 15.1. The van der Waals surface area contributed by atoms with E-state index in [0.717, 1.165) is 11.3 Å². The second-order valence-electron chi connectivity index (χ2n) is 5.65. The van der Waals surface area contributed by atoms with Crippen LogP contribution in [0.4, 0.5) is 5.69 Å². The average Bonchev–Trinajstić information content (AvgIpc) is 2.57. The Morgan fingerprint density at radius 1 is 1.00 bits per heavy atom. The van der Waals surface area contributed by atoms with Gasteiger partial charge in [-0.1, -0.05) is 37.3 Å². The van der Waals surface area contributed by atoms with E-state index in [1.165, 1.54) is 6.07 Å². The van der Waals surface area contributed by atoms with Crippen molar-refractivity contribution in [1.82, 2.24) is 0 Å². The number of amides is 1. The normalized spacial score (nSPS) is 11.3. The predicted octanol–water partition coefficient (Wildman–Crippen LogP) is 3.85. The van der Waals surface area contributed by atoms with Crippen LogP contribution in [0.2, 0.25) is 0 Å². The Kier molecular flexibility index (Phi) is 5.78. The van der Waals surface area contributed by atoms with E-state index in [2.05, 4.69) is 0 Å². The highest BCUT2D eigenvalue weighted by molar-refractivity contribution is 7.91. The van der Waals surface area contributed by atoms with Crippen molar-refractivity contribution in [2.75, 3.05) is 17.2 Å². The van der Waals surface area contributed by atoms with Gasteiger partial charge in [0.2, 0.25) is 0 Å². The molecule has 0 aliphatic carbocycles. The minimum atomic E-state index is -3.47. The molecular weight excluding hydrogens is 322 g/mol. The molecule has 0 aliphatic rings. The van der Waals surface area contributed by atoms with Crippen LogP contribution in [-0.2, 0) is 9.84 Å². The summed E-state index contributed by atoms with van der Waals surface area (Å²) in [7, 11) is -3.47. The fourth-order valence-corrected chi connectivity index (χ4v) is 4.26. The molecule has 24 heavy (non-hydrogen) atoms. The van der Waals surface area contributed by atoms with E-state index < -0.39 is 9.84 Å². The lowest BCUT2D eigenvalue weighted by Gasteiger charge is -2.24. The van der Waals surface area contributed by atoms with Crippen LogP contribution in [-0.4, -0.2) is 26.6 Å². The molecule has 2 rings (SSSR count). The minimum absolute atomic E-state index is 0.0355. The van der Waals surface area contributed by atoms with Crippen LogP contribution in [0.5, 0.6) is 0 Å². The number of rotatable bonds is 6. The van der Waals surface area contributed by atoms with E-state index >= 15 is 0 Å². The summed E-state index contributed by atoms with van der Waals surface area (Å²) in [5.41, 5.74) is 2.00. The largest absolute Gasteiger partial charge is 0.308 e. The van der Waals surface area contributed by atoms with Crippen LogP contribution < -0.4 is 4.90 Å². The number of hydrogen-bond acceptors (Lipinski definition) is 3. The number of anilines is 1. The van der Waals surface area contributed by atoms with E-state index in [9.17, 15) is 13.2 Å². The lowest BCUT2D eigenvalue weighted by molar-refractivity contribution is 0.0985. The Balaban J connectivity index is 2.52. The molecule has 0 heterocycles. The molecule has 0 spiro atoms. The van der Waals surface area contributed by atoms with Gasteiger partial charge in [0.05, 0.1) is 16.2 Å². The first-order valence-electron chi connectivity index (χ1n) is 8.11. The third-order valence-electron chi connectivity index (χ3n) is 3.89. The third-order valence-corrected chi connectivity index (χ3v) is 5.86. The molecule has 0 radical (unpaired) electrons. The van der Waals surface area contributed by atoms with Crippen LogP contribution in [0, 0.1) is 6.92 Å². The lowest BCUT2D eigenvalue weighted by Crippen LogP contribution is -2.32. The summed E-state index contributed by atoms with van der Waals surface area (Å²) in [6.45, 7) is 6.10. The van der Waals surface area contributed by atoms with Gasteiger partial charge in [0.15, 0.2) is 9.84 Å². The highest BCUT2D eigenvalue weighted by Gasteiger charge is 2.25. The summed E-state index contributed by atoms with van der Waals surface area (Å²) in [4.78, 5) is 14.8. The number of carbonyl (C=O) groups excluding carboxylic acids is 1. The highest BCUT2D eigenvalue weighted by Crippen LogP contribution is 2.25. The van der Waals surface area contributed by atoms with Gasteiger partial charge in [-0.25, -0.2) is 8.42 Å². The molecule has 0 bridgehead atoms. The van der Waals surface area contributed by atoms with Crippen molar-refractivity contribution >= 4 is 21.4 Å². The molecule has 0 N–H and O–H groups in total. The highest BCUT2D eigenvalue weighted by atomic mass is 32.2. The Morgan fingerprint density at radius 2 is 1.62 bits per heavy atom. The second kappa shape index (κ2) is 7.62. The first kappa shape index (κ1) is 18.2. The molecule has 0 fully saturated rings. The Hall–Kier alpha value is -2.14. The number of benzene rings is 2. The van der Waals surface area contributed by atoms with Crippen molar-refractivity contribution in [2.45, 2.75) is 32.1 Å². The fraction of sp³-hybridized carbons (Fsp3) is 0.316. The molecule has 128 valence electrons. The van der Waals surface area contributed by atoms with Gasteiger partial charge in [0, 0.05) is 12.2 Å². The van der Waals surface area contributed by atoms with E-state index in [-0.39, 0.29) is 22.1 Å². The predicted molar refractivity (Wildman–Crippen MR) is 97.3 cm³/mol. The monoisotopic (exact) mass is 345 g/mol. The van der Waals surface area contributed by atoms with Crippen molar-refractivity contribution in [2.24, 2.45) is 0 Å². The molecule has 4 nitrogen and oxygen atoms in total. The van der Waals surface area contributed by atoms with Gasteiger partial charge in [-0.2, -0.15) is 0 Å². The molecule has 5 heteroatoms. The molecule has 1 amide bonds. The van der Waals surface area contributed by atoms with E-state index in [1.807, 2.05) is 45.0 Å². The van der Waals surface area contributed by atoms with Crippen LogP contribution in [0.25, 0.3) is 0 Å². The summed E-state index contributed by atoms with van der Waals surface area (Å²) < 4.78 is 25.0. The molecule has 0 aliphatic heterocycles. The zero-order valence-electron chi connectivity index (χ0n) is 14.3. The van der Waals surface area contributed by atoms with Crippen molar-refractivity contribution in [3.05, 3.63) is 59.7 Å². The second-order valence-corrected chi connectivity index (χ2v) is 7.73. The molecule has 2 aromatic carbocycles. The average molecular weight is 345 g/mol. The van der Waals surface area contributed by atoms with Crippen molar-refractivity contribution in [3.63, 3.8) is 0 Å². The quantitative estimate of drug-likeness (QED) is 0.799. The summed E-state index contributed by atoms with van der Waals surface area (Å²) in [6.07, 6.45) is 0.514. The fourth-order valence-electron chi connectivity index (χ4n) is 2.73. The summed E-state index contributed by atoms with van der Waals surface area (Å²) in [5.74, 6) is -0.254. The molecular formula is C19H23NO3S. The number of aryl methyl sites for hydroxylation is 1. The smallest absolute Gasteiger partial charge is 0.259 e. The number of nitrogens with zero attached hydrogens (tertiary/aromatic N) is 1. The molecule has 0 saturated carbocycles. The van der Waals surface area contributed by atoms with Crippen LogP contribution >= 0.6 is 0 Å². The number of hydrogen-bond donors (Lipinski definition) is 0. The summed E-state index contributed by atoms with van der Waals surface area (Å²) in [5, 5.41) is 0. The molecule has 0 saturated heterocycles. The third kappa shape index (κ3) is 3.67. The van der Waals surface area contributed by atoms with Gasteiger partial charge in [0.1, 0.15) is 0 Å². The topological polar surface area (TPSA) is 54.5 Å². The first-order valence-corrected chi connectivity index (χ1v) is 9.76. The van der Waals surface area contributed by atoms with Gasteiger partial charge in [0.25, 0.3) is 5.91 Å². The van der Waals surface area contributed by atoms with Crippen molar-refractivity contribution in [3.8, 4) is 0 Å². The Bertz CT molecular complexity index is 828. The number of para-hydroxylation sites is 1. The van der Waals surface area contributed by atoms with Gasteiger partial charge in [-0.3, -0.25) is 4.79 Å². The Morgan fingerprint density at radius 3 is 2.25 bits per heavy atom. The van der Waals surface area contributed by atoms with E-state index in [1.54, 1.807) is 23.1 Å². The summed E-state index contributed by atoms with van der Waals surface area (Å²) in [6, 6.07) is 14.1. The van der Waals surface area contributed by atoms with Crippen LogP contribution in [0.15, 0.2) is 53.4 Å². The standard InChI is InChI=1S/C19H23NO3S/c1-4-14-24(22,23)18-13-9-7-11-16(18)19(21)20(5-2)17-12-8-6-10-15(17)3/h6-13H,4-5,14H2,1-3H3. The SMILES string of the molecule is CCCS(=O)(=O)c1ccccc1C(=O)N(CC)c1ccccc1C. The van der Waals surface area contributed by atoms with Gasteiger partial charge >= 0.3 is 0 Å². The number of sulfone groups is 1. The van der Waals surface area contributed by atoms with Gasteiger partial charge in [-0.05, 0) is 44.0 Å². The molecule has 2 aromatic rings. The minimum Gasteiger partial charge on any atom is -0.308 e. The molecule has 0 aromatic heterocycles. The molecule has 0 atom stereocenters. The first-order chi connectivity index (χ1) is 11.4. The maximum atomic E-state index is 13.1. The van der Waals surface area contributed by atoms with Crippen LogP contribution in [0.1, 0.15) is 36.2 Å². The Labute approximate surface area is 144 Å². The molecule has 0 unspecified atom stereocenters. The van der Waals surface area contributed by atoms with Gasteiger partial charge < -0.3 is 4.90 Å². The lowest BCUT2D eigenvalue weighted by atomic mass is 10.1. The number of carbonyl (C=O) groups is 1. The van der Waals surface area contributed by atoms with E-state index in [0.29, 0.717) is 13.0 Å². The zero-order chi connectivity index (χ0) is 17.7. The maximum Gasteiger partial charge on any atom is 0.259 e. The van der Waals surface area contributed by atoms with Crippen molar-refractivity contribution < 1.29 is 13.2 Å².